The van der Waals surface area contributed by atoms with Crippen LogP contribution >= 0.6 is 0 Å². The van der Waals surface area contributed by atoms with Crippen molar-refractivity contribution in [3.63, 3.8) is 0 Å². The molecule has 3 aromatic heterocycles. The predicted molar refractivity (Wildman–Crippen MR) is 107 cm³/mol. The Balaban J connectivity index is 1.57. The normalized spacial score (nSPS) is 15.1. The van der Waals surface area contributed by atoms with Gasteiger partial charge in [0.25, 0.3) is 0 Å². The topological polar surface area (TPSA) is 69.8 Å². The number of halogens is 3. The third-order valence-corrected chi connectivity index (χ3v) is 5.31. The lowest BCUT2D eigenvalue weighted by molar-refractivity contribution is -0.137. The monoisotopic (exact) mass is 413 g/mol. The molecule has 9 heteroatoms. The molecule has 0 aliphatic carbocycles. The summed E-state index contributed by atoms with van der Waals surface area (Å²) in [7, 11) is 0. The first-order valence-electron chi connectivity index (χ1n) is 9.52. The van der Waals surface area contributed by atoms with Gasteiger partial charge in [-0.3, -0.25) is 5.10 Å². The lowest BCUT2D eigenvalue weighted by Gasteiger charge is -2.28. The van der Waals surface area contributed by atoms with Crippen molar-refractivity contribution in [3.05, 3.63) is 54.5 Å². The van der Waals surface area contributed by atoms with Crippen LogP contribution in [-0.2, 0) is 10.9 Å². The number of fused-ring (bicyclic) bond motifs is 1. The van der Waals surface area contributed by atoms with Crippen LogP contribution in [-0.4, -0.2) is 46.5 Å². The quantitative estimate of drug-likeness (QED) is 0.520. The number of aromatic nitrogens is 4. The molecule has 30 heavy (non-hydrogen) atoms. The number of rotatable bonds is 3. The Labute approximate surface area is 169 Å². The Kier molecular flexibility index (Phi) is 4.47. The van der Waals surface area contributed by atoms with Crippen LogP contribution in [0.25, 0.3) is 33.4 Å². The molecule has 1 fully saturated rings. The Morgan fingerprint density at radius 2 is 1.77 bits per heavy atom. The number of nitrogens with one attached hydrogen (secondary N) is 2. The number of hydrogen-bond donors (Lipinski definition) is 2. The molecule has 1 saturated heterocycles. The van der Waals surface area contributed by atoms with Gasteiger partial charge in [-0.15, -0.1) is 0 Å². The van der Waals surface area contributed by atoms with E-state index in [4.69, 9.17) is 4.74 Å². The van der Waals surface area contributed by atoms with E-state index in [1.54, 1.807) is 6.07 Å². The van der Waals surface area contributed by atoms with Gasteiger partial charge >= 0.3 is 6.18 Å². The molecule has 0 unspecified atom stereocenters. The van der Waals surface area contributed by atoms with E-state index >= 15 is 0 Å². The lowest BCUT2D eigenvalue weighted by atomic mass is 10.0. The SMILES string of the molecule is FC(F)(F)c1cnc2[nH]c(-c3ccc(N4CCOCC4)cc3)cc2c1-c1cn[nH]c1. The van der Waals surface area contributed by atoms with E-state index in [-0.39, 0.29) is 5.56 Å². The van der Waals surface area contributed by atoms with Gasteiger partial charge in [0, 0.05) is 53.4 Å². The Bertz CT molecular complexity index is 1160. The second kappa shape index (κ2) is 7.17. The Morgan fingerprint density at radius 3 is 2.43 bits per heavy atom. The minimum Gasteiger partial charge on any atom is -0.378 e. The van der Waals surface area contributed by atoms with E-state index in [1.807, 2.05) is 24.3 Å². The number of H-pyrrole nitrogens is 2. The van der Waals surface area contributed by atoms with Crippen LogP contribution < -0.4 is 4.90 Å². The smallest absolute Gasteiger partial charge is 0.378 e. The molecule has 0 saturated carbocycles. The number of anilines is 1. The van der Waals surface area contributed by atoms with Crippen molar-refractivity contribution in [3.8, 4) is 22.4 Å². The average molecular weight is 413 g/mol. The zero-order chi connectivity index (χ0) is 20.7. The molecule has 154 valence electrons. The molecule has 1 aliphatic heterocycles. The summed E-state index contributed by atoms with van der Waals surface area (Å²) in [5.41, 5.74) is 2.70. The molecule has 2 N–H and O–H groups in total. The highest BCUT2D eigenvalue weighted by Gasteiger charge is 2.35. The van der Waals surface area contributed by atoms with Crippen molar-refractivity contribution in [1.82, 2.24) is 20.2 Å². The standard InChI is InChI=1S/C21H18F3N5O/c22-21(23,24)17-12-25-20-16(19(17)14-10-26-27-11-14)9-18(28-20)13-1-3-15(4-2-13)29-5-7-30-8-6-29/h1-4,9-12H,5-8H2,(H,25,28)(H,26,27). The third kappa shape index (κ3) is 3.30. The molecule has 6 nitrogen and oxygen atoms in total. The highest BCUT2D eigenvalue weighted by molar-refractivity contribution is 5.97. The number of morpholine rings is 1. The van der Waals surface area contributed by atoms with Crippen LogP contribution in [0.3, 0.4) is 0 Å². The van der Waals surface area contributed by atoms with Crippen molar-refractivity contribution in [2.45, 2.75) is 6.18 Å². The van der Waals surface area contributed by atoms with Gasteiger partial charge in [0.2, 0.25) is 0 Å². The fourth-order valence-electron chi connectivity index (χ4n) is 3.82. The molecule has 4 aromatic rings. The van der Waals surface area contributed by atoms with Gasteiger partial charge in [-0.25, -0.2) is 4.98 Å². The molecular formula is C21H18F3N5O. The number of aromatic amines is 2. The minimum absolute atomic E-state index is 0.0636. The Morgan fingerprint density at radius 1 is 1.00 bits per heavy atom. The van der Waals surface area contributed by atoms with Crippen LogP contribution in [0, 0.1) is 0 Å². The highest BCUT2D eigenvalue weighted by Crippen LogP contribution is 2.41. The molecule has 0 bridgehead atoms. The fourth-order valence-corrected chi connectivity index (χ4v) is 3.82. The molecule has 5 rings (SSSR count). The van der Waals surface area contributed by atoms with Gasteiger partial charge < -0.3 is 14.6 Å². The maximum atomic E-state index is 13.6. The van der Waals surface area contributed by atoms with Crippen LogP contribution in [0.1, 0.15) is 5.56 Å². The fraction of sp³-hybridized carbons (Fsp3) is 0.238. The van der Waals surface area contributed by atoms with Gasteiger partial charge in [-0.1, -0.05) is 12.1 Å². The summed E-state index contributed by atoms with van der Waals surface area (Å²) < 4.78 is 46.3. The van der Waals surface area contributed by atoms with E-state index < -0.39 is 11.7 Å². The first kappa shape index (κ1) is 18.7. The van der Waals surface area contributed by atoms with Crippen molar-refractivity contribution in [1.29, 1.82) is 0 Å². The zero-order valence-corrected chi connectivity index (χ0v) is 15.8. The van der Waals surface area contributed by atoms with E-state index in [1.165, 1.54) is 12.4 Å². The van der Waals surface area contributed by atoms with Gasteiger partial charge in [0.15, 0.2) is 0 Å². The molecule has 0 amide bonds. The van der Waals surface area contributed by atoms with Crippen molar-refractivity contribution >= 4 is 16.7 Å². The zero-order valence-electron chi connectivity index (χ0n) is 15.8. The van der Waals surface area contributed by atoms with Crippen molar-refractivity contribution in [2.75, 3.05) is 31.2 Å². The average Bonchev–Trinajstić information content (AvgIpc) is 3.43. The second-order valence-corrected chi connectivity index (χ2v) is 7.12. The summed E-state index contributed by atoms with van der Waals surface area (Å²) in [6, 6.07) is 9.65. The molecular weight excluding hydrogens is 395 g/mol. The van der Waals surface area contributed by atoms with Gasteiger partial charge in [-0.05, 0) is 23.8 Å². The predicted octanol–water partition coefficient (Wildman–Crippen LogP) is 4.48. The van der Waals surface area contributed by atoms with Crippen molar-refractivity contribution < 1.29 is 17.9 Å². The van der Waals surface area contributed by atoms with Crippen LogP contribution in [0.4, 0.5) is 18.9 Å². The van der Waals surface area contributed by atoms with E-state index in [2.05, 4.69) is 25.1 Å². The molecule has 1 aliphatic rings. The Hall–Kier alpha value is -3.33. The van der Waals surface area contributed by atoms with Gasteiger partial charge in [0.05, 0.1) is 25.0 Å². The molecule has 0 atom stereocenters. The number of ether oxygens (including phenoxy) is 1. The summed E-state index contributed by atoms with van der Waals surface area (Å²) in [5.74, 6) is 0. The second-order valence-electron chi connectivity index (χ2n) is 7.12. The summed E-state index contributed by atoms with van der Waals surface area (Å²) in [6.07, 6.45) is -0.820. The maximum Gasteiger partial charge on any atom is 0.418 e. The summed E-state index contributed by atoms with van der Waals surface area (Å²) >= 11 is 0. The van der Waals surface area contributed by atoms with Gasteiger partial charge in [0.1, 0.15) is 5.65 Å². The van der Waals surface area contributed by atoms with Crippen LogP contribution in [0.15, 0.2) is 48.9 Å². The number of hydrogen-bond acceptors (Lipinski definition) is 4. The molecule has 0 spiro atoms. The van der Waals surface area contributed by atoms with Gasteiger partial charge in [-0.2, -0.15) is 18.3 Å². The number of nitrogens with zero attached hydrogens (tertiary/aromatic N) is 3. The van der Waals surface area contributed by atoms with Crippen molar-refractivity contribution in [2.24, 2.45) is 0 Å². The summed E-state index contributed by atoms with van der Waals surface area (Å²) in [5, 5.41) is 6.80. The maximum absolute atomic E-state index is 13.6. The number of pyridine rings is 1. The number of alkyl halides is 3. The van der Waals surface area contributed by atoms with Crippen LogP contribution in [0.2, 0.25) is 0 Å². The first-order chi connectivity index (χ1) is 14.5. The molecule has 4 heterocycles. The van der Waals surface area contributed by atoms with Crippen LogP contribution in [0.5, 0.6) is 0 Å². The highest BCUT2D eigenvalue weighted by atomic mass is 19.4. The van der Waals surface area contributed by atoms with E-state index in [0.29, 0.717) is 35.5 Å². The van der Waals surface area contributed by atoms with E-state index in [9.17, 15) is 13.2 Å². The number of benzene rings is 1. The van der Waals surface area contributed by atoms with E-state index in [0.717, 1.165) is 30.5 Å². The third-order valence-electron chi connectivity index (χ3n) is 5.31. The lowest BCUT2D eigenvalue weighted by Crippen LogP contribution is -2.36. The summed E-state index contributed by atoms with van der Waals surface area (Å²) in [6.45, 7) is 3.08. The molecule has 1 aromatic carbocycles. The first-order valence-corrected chi connectivity index (χ1v) is 9.52. The molecule has 0 radical (unpaired) electrons. The minimum atomic E-state index is -4.52. The summed E-state index contributed by atoms with van der Waals surface area (Å²) in [4.78, 5) is 9.42. The largest absolute Gasteiger partial charge is 0.418 e.